The number of nitrogens with zero attached hydrogens (tertiary/aromatic N) is 5. The Hall–Kier alpha value is -3.24. The molecule has 3 aromatic rings. The van der Waals surface area contributed by atoms with E-state index in [1.807, 2.05) is 18.3 Å². The highest BCUT2D eigenvalue weighted by Gasteiger charge is 2.23. The predicted octanol–water partition coefficient (Wildman–Crippen LogP) is 3.21. The van der Waals surface area contributed by atoms with Crippen molar-refractivity contribution in [1.29, 1.82) is 0 Å². The first-order chi connectivity index (χ1) is 15.9. The number of β-amino-alcohol motifs (C(OH)–C–C–N with tert-alkyl or cyclic N) is 1. The van der Waals surface area contributed by atoms with Gasteiger partial charge < -0.3 is 15.2 Å². The number of nitrogens with one attached hydrogen (secondary N) is 1. The largest absolute Gasteiger partial charge is 0.473 e. The second-order valence-electron chi connectivity index (χ2n) is 8.66. The standard InChI is InChI=1S/C23H30N6O4/c1-16(2)20-14-25-28-21(24-13-17-5-3-6-18(11-17)29(31)32)12-22(26-23(20)28)33-19-7-4-8-27(15-19)9-10-30/h3,5-6,11-12,14,16,19,24,30H,4,7-10,13,15H2,1-2H3. The Morgan fingerprint density at radius 1 is 1.36 bits per heavy atom. The van der Waals surface area contributed by atoms with E-state index in [0.717, 1.165) is 42.7 Å². The maximum absolute atomic E-state index is 11.1. The summed E-state index contributed by atoms with van der Waals surface area (Å²) in [6.45, 7) is 7.07. The van der Waals surface area contributed by atoms with Crippen LogP contribution in [0.5, 0.6) is 5.88 Å². The van der Waals surface area contributed by atoms with Crippen molar-refractivity contribution in [2.45, 2.75) is 45.3 Å². The number of piperidine rings is 1. The van der Waals surface area contributed by atoms with Crippen molar-refractivity contribution in [3.63, 3.8) is 0 Å². The van der Waals surface area contributed by atoms with Crippen molar-refractivity contribution in [2.24, 2.45) is 0 Å². The molecule has 33 heavy (non-hydrogen) atoms. The molecule has 1 atom stereocenters. The van der Waals surface area contributed by atoms with Crippen LogP contribution in [0.2, 0.25) is 0 Å². The van der Waals surface area contributed by atoms with Gasteiger partial charge in [0.05, 0.1) is 17.7 Å². The van der Waals surface area contributed by atoms with Gasteiger partial charge in [-0.15, -0.1) is 0 Å². The fourth-order valence-corrected chi connectivity index (χ4v) is 4.15. The molecular formula is C23H30N6O4. The zero-order chi connectivity index (χ0) is 23.4. The monoisotopic (exact) mass is 454 g/mol. The molecule has 176 valence electrons. The minimum absolute atomic E-state index is 0.00436. The van der Waals surface area contributed by atoms with Gasteiger partial charge in [-0.05, 0) is 30.9 Å². The number of rotatable bonds is 9. The predicted molar refractivity (Wildman–Crippen MR) is 125 cm³/mol. The number of hydrogen-bond donors (Lipinski definition) is 2. The van der Waals surface area contributed by atoms with Crippen molar-refractivity contribution in [1.82, 2.24) is 19.5 Å². The summed E-state index contributed by atoms with van der Waals surface area (Å²) in [4.78, 5) is 17.7. The molecule has 2 N–H and O–H groups in total. The lowest BCUT2D eigenvalue weighted by atomic mass is 10.1. The second kappa shape index (κ2) is 10.1. The molecule has 0 aliphatic carbocycles. The number of hydrogen-bond acceptors (Lipinski definition) is 8. The zero-order valence-corrected chi connectivity index (χ0v) is 19.0. The maximum atomic E-state index is 11.1. The summed E-state index contributed by atoms with van der Waals surface area (Å²) in [5.74, 6) is 1.46. The number of aromatic nitrogens is 3. The van der Waals surface area contributed by atoms with Crippen molar-refractivity contribution in [2.75, 3.05) is 31.6 Å². The van der Waals surface area contributed by atoms with E-state index in [1.54, 1.807) is 16.6 Å². The van der Waals surface area contributed by atoms with Gasteiger partial charge in [-0.2, -0.15) is 14.6 Å². The van der Waals surface area contributed by atoms with Gasteiger partial charge >= 0.3 is 0 Å². The number of nitro groups is 1. The minimum atomic E-state index is -0.396. The fraction of sp³-hybridized carbons (Fsp3) is 0.478. The van der Waals surface area contributed by atoms with Gasteiger partial charge in [0, 0.05) is 43.4 Å². The Labute approximate surface area is 192 Å². The Morgan fingerprint density at radius 3 is 2.97 bits per heavy atom. The summed E-state index contributed by atoms with van der Waals surface area (Å²) >= 11 is 0. The number of nitro benzene ring substituents is 1. The molecule has 1 aliphatic rings. The number of aliphatic hydroxyl groups excluding tert-OH is 1. The molecule has 1 aliphatic heterocycles. The highest BCUT2D eigenvalue weighted by Crippen LogP contribution is 2.27. The van der Waals surface area contributed by atoms with E-state index in [0.29, 0.717) is 24.8 Å². The van der Waals surface area contributed by atoms with Crippen LogP contribution in [-0.4, -0.2) is 61.9 Å². The first-order valence-electron chi connectivity index (χ1n) is 11.3. The molecule has 10 heteroatoms. The molecule has 0 radical (unpaired) electrons. The van der Waals surface area contributed by atoms with Crippen LogP contribution in [0.25, 0.3) is 5.65 Å². The summed E-state index contributed by atoms with van der Waals surface area (Å²) < 4.78 is 8.03. The summed E-state index contributed by atoms with van der Waals surface area (Å²) in [6, 6.07) is 8.39. The van der Waals surface area contributed by atoms with Gasteiger partial charge in [0.25, 0.3) is 5.69 Å². The SMILES string of the molecule is CC(C)c1cnn2c(NCc3cccc([N+](=O)[O-])c3)cc(OC3CCCN(CCO)C3)nc12. The highest BCUT2D eigenvalue weighted by atomic mass is 16.6. The van der Waals surface area contributed by atoms with Crippen LogP contribution in [0.15, 0.2) is 36.5 Å². The van der Waals surface area contributed by atoms with Crippen molar-refractivity contribution >= 4 is 17.2 Å². The number of anilines is 1. The van der Waals surface area contributed by atoms with Gasteiger partial charge in [-0.25, -0.2) is 0 Å². The maximum Gasteiger partial charge on any atom is 0.269 e. The van der Waals surface area contributed by atoms with Crippen LogP contribution in [-0.2, 0) is 6.54 Å². The van der Waals surface area contributed by atoms with Crippen molar-refractivity contribution in [3.05, 3.63) is 57.8 Å². The van der Waals surface area contributed by atoms with Crippen molar-refractivity contribution < 1.29 is 14.8 Å². The van der Waals surface area contributed by atoms with Crippen LogP contribution < -0.4 is 10.1 Å². The normalized spacial score (nSPS) is 16.9. The molecule has 0 saturated carbocycles. The van der Waals surface area contributed by atoms with Crippen molar-refractivity contribution in [3.8, 4) is 5.88 Å². The van der Waals surface area contributed by atoms with E-state index in [4.69, 9.17) is 9.72 Å². The highest BCUT2D eigenvalue weighted by molar-refractivity contribution is 5.57. The molecule has 1 unspecified atom stereocenters. The van der Waals surface area contributed by atoms with Gasteiger partial charge in [0.1, 0.15) is 11.9 Å². The van der Waals surface area contributed by atoms with Gasteiger partial charge in [-0.1, -0.05) is 26.0 Å². The van der Waals surface area contributed by atoms with E-state index in [-0.39, 0.29) is 24.3 Å². The molecule has 1 fully saturated rings. The van der Waals surface area contributed by atoms with Crippen LogP contribution >= 0.6 is 0 Å². The fourth-order valence-electron chi connectivity index (χ4n) is 4.15. The van der Waals surface area contributed by atoms with E-state index in [1.165, 1.54) is 6.07 Å². The van der Waals surface area contributed by atoms with Gasteiger partial charge in [-0.3, -0.25) is 15.0 Å². The van der Waals surface area contributed by atoms with E-state index >= 15 is 0 Å². The molecule has 1 saturated heterocycles. The third-order valence-corrected chi connectivity index (χ3v) is 5.86. The molecule has 0 spiro atoms. The first-order valence-corrected chi connectivity index (χ1v) is 11.3. The third-order valence-electron chi connectivity index (χ3n) is 5.86. The summed E-state index contributed by atoms with van der Waals surface area (Å²) in [5, 5.41) is 28.2. The average Bonchev–Trinajstić information content (AvgIpc) is 3.22. The number of benzene rings is 1. The number of likely N-dealkylation sites (tertiary alicyclic amines) is 1. The van der Waals surface area contributed by atoms with Gasteiger partial charge in [0.2, 0.25) is 5.88 Å². The molecule has 0 amide bonds. The van der Waals surface area contributed by atoms with E-state index < -0.39 is 4.92 Å². The molecule has 1 aromatic carbocycles. The second-order valence-corrected chi connectivity index (χ2v) is 8.66. The topological polar surface area (TPSA) is 118 Å². The molecule has 3 heterocycles. The average molecular weight is 455 g/mol. The molecule has 4 rings (SSSR count). The Bertz CT molecular complexity index is 1110. The van der Waals surface area contributed by atoms with Crippen LogP contribution in [0.1, 0.15) is 43.7 Å². The summed E-state index contributed by atoms with van der Waals surface area (Å²) in [7, 11) is 0. The quantitative estimate of drug-likeness (QED) is 0.374. The van der Waals surface area contributed by atoms with Crippen LogP contribution in [0.4, 0.5) is 11.5 Å². The number of fused-ring (bicyclic) bond motifs is 1. The number of ether oxygens (including phenoxy) is 1. The van der Waals surface area contributed by atoms with E-state index in [9.17, 15) is 15.2 Å². The van der Waals surface area contributed by atoms with Gasteiger partial charge in [0.15, 0.2) is 5.65 Å². The lowest BCUT2D eigenvalue weighted by Gasteiger charge is -2.32. The molecular weight excluding hydrogens is 424 g/mol. The minimum Gasteiger partial charge on any atom is -0.473 e. The molecule has 10 nitrogen and oxygen atoms in total. The summed E-state index contributed by atoms with van der Waals surface area (Å²) in [6.07, 6.45) is 3.75. The lowest BCUT2D eigenvalue weighted by Crippen LogP contribution is -2.42. The third kappa shape index (κ3) is 5.40. The van der Waals surface area contributed by atoms with Crippen LogP contribution in [0, 0.1) is 10.1 Å². The zero-order valence-electron chi connectivity index (χ0n) is 19.0. The Kier molecular flexibility index (Phi) is 7.05. The first kappa shape index (κ1) is 22.9. The summed E-state index contributed by atoms with van der Waals surface area (Å²) in [5.41, 5.74) is 2.60. The Balaban J connectivity index is 1.60. The Morgan fingerprint density at radius 2 is 2.21 bits per heavy atom. The number of non-ortho nitro benzene ring substituents is 1. The smallest absolute Gasteiger partial charge is 0.269 e. The van der Waals surface area contributed by atoms with Crippen LogP contribution in [0.3, 0.4) is 0 Å². The molecule has 2 aromatic heterocycles. The lowest BCUT2D eigenvalue weighted by molar-refractivity contribution is -0.384. The van der Waals surface area contributed by atoms with E-state index in [2.05, 4.69) is 29.2 Å². The number of aliphatic hydroxyl groups is 1. The molecule has 0 bridgehead atoms.